The van der Waals surface area contributed by atoms with Gasteiger partial charge < -0.3 is 5.73 Å². The fourth-order valence-electron chi connectivity index (χ4n) is 1.33. The third kappa shape index (κ3) is 2.76. The maximum absolute atomic E-state index is 6.19. The summed E-state index contributed by atoms with van der Waals surface area (Å²) in [7, 11) is 0. The van der Waals surface area contributed by atoms with Gasteiger partial charge in [-0.15, -0.1) is 11.8 Å². The van der Waals surface area contributed by atoms with Crippen LogP contribution in [0.2, 0.25) is 0 Å². The Morgan fingerprint density at radius 2 is 1.93 bits per heavy atom. The largest absolute Gasteiger partial charge is 0.324 e. The van der Waals surface area contributed by atoms with Gasteiger partial charge in [-0.05, 0) is 29.4 Å². The zero-order valence-corrected chi connectivity index (χ0v) is 10.2. The molecule has 0 aliphatic heterocycles. The first kappa shape index (κ1) is 11.6. The Labute approximate surface area is 91.1 Å². The van der Waals surface area contributed by atoms with Crippen LogP contribution in [-0.2, 0) is 0 Å². The first-order valence-corrected chi connectivity index (χ1v) is 6.07. The van der Waals surface area contributed by atoms with Crippen LogP contribution in [0.15, 0.2) is 29.2 Å². The summed E-state index contributed by atoms with van der Waals surface area (Å²) in [5.41, 5.74) is 7.53. The molecule has 14 heavy (non-hydrogen) atoms. The van der Waals surface area contributed by atoms with E-state index >= 15 is 0 Å². The highest BCUT2D eigenvalue weighted by Crippen LogP contribution is 2.31. The van der Waals surface area contributed by atoms with Crippen LogP contribution >= 0.6 is 11.8 Å². The van der Waals surface area contributed by atoms with Crippen molar-refractivity contribution in [2.45, 2.75) is 31.7 Å². The van der Waals surface area contributed by atoms with Gasteiger partial charge in [-0.25, -0.2) is 0 Å². The topological polar surface area (TPSA) is 26.0 Å². The molecule has 78 valence electrons. The Morgan fingerprint density at radius 1 is 1.29 bits per heavy atom. The molecule has 0 radical (unpaired) electrons. The van der Waals surface area contributed by atoms with Gasteiger partial charge in [0.15, 0.2) is 0 Å². The lowest BCUT2D eigenvalue weighted by Crippen LogP contribution is -2.26. The Hall–Kier alpha value is -0.470. The van der Waals surface area contributed by atoms with E-state index in [-0.39, 0.29) is 11.5 Å². The van der Waals surface area contributed by atoms with Crippen LogP contribution in [0.3, 0.4) is 0 Å². The fraction of sp³-hybridized carbons (Fsp3) is 0.500. The summed E-state index contributed by atoms with van der Waals surface area (Å²) in [4.78, 5) is 1.28. The van der Waals surface area contributed by atoms with Gasteiger partial charge in [-0.2, -0.15) is 0 Å². The van der Waals surface area contributed by atoms with Crippen LogP contribution in [0, 0.1) is 5.41 Å². The van der Waals surface area contributed by atoms with Gasteiger partial charge in [-0.3, -0.25) is 0 Å². The van der Waals surface area contributed by atoms with E-state index in [1.807, 2.05) is 0 Å². The van der Waals surface area contributed by atoms with E-state index in [1.54, 1.807) is 11.8 Å². The van der Waals surface area contributed by atoms with Crippen LogP contribution in [-0.4, -0.2) is 6.26 Å². The molecule has 0 amide bonds. The minimum atomic E-state index is 0.106. The summed E-state index contributed by atoms with van der Waals surface area (Å²) < 4.78 is 0. The average Bonchev–Trinajstić information content (AvgIpc) is 2.15. The van der Waals surface area contributed by atoms with Crippen molar-refractivity contribution in [3.8, 4) is 0 Å². The molecule has 0 spiro atoms. The van der Waals surface area contributed by atoms with E-state index in [4.69, 9.17) is 5.73 Å². The molecule has 0 aliphatic rings. The summed E-state index contributed by atoms with van der Waals surface area (Å²) >= 11 is 1.76. The van der Waals surface area contributed by atoms with Crippen molar-refractivity contribution in [2.75, 3.05) is 6.26 Å². The Bertz CT molecular complexity index is 301. The lowest BCUT2D eigenvalue weighted by atomic mass is 9.83. The molecule has 1 rings (SSSR count). The molecule has 1 aromatic rings. The number of rotatable bonds is 2. The molecule has 0 aliphatic carbocycles. The molecule has 2 N–H and O–H groups in total. The van der Waals surface area contributed by atoms with Gasteiger partial charge >= 0.3 is 0 Å². The first-order chi connectivity index (χ1) is 6.45. The number of nitrogens with two attached hydrogens (primary N) is 1. The molecule has 0 fully saturated rings. The number of thioether (sulfide) groups is 1. The summed E-state index contributed by atoms with van der Waals surface area (Å²) in [6.45, 7) is 6.51. The van der Waals surface area contributed by atoms with Gasteiger partial charge in [-0.1, -0.05) is 32.9 Å². The molecule has 2 heteroatoms. The normalized spacial score (nSPS) is 14.1. The van der Waals surface area contributed by atoms with Gasteiger partial charge in [0.2, 0.25) is 0 Å². The maximum atomic E-state index is 6.19. The van der Waals surface area contributed by atoms with Crippen molar-refractivity contribution in [2.24, 2.45) is 11.1 Å². The molecule has 0 saturated carbocycles. The van der Waals surface area contributed by atoms with Crippen molar-refractivity contribution in [3.05, 3.63) is 29.8 Å². The highest BCUT2D eigenvalue weighted by Gasteiger charge is 2.22. The molecule has 0 heterocycles. The zero-order chi connectivity index (χ0) is 10.8. The van der Waals surface area contributed by atoms with Gasteiger partial charge in [0.05, 0.1) is 0 Å². The summed E-state index contributed by atoms with van der Waals surface area (Å²) in [5, 5.41) is 0. The van der Waals surface area contributed by atoms with E-state index < -0.39 is 0 Å². The standard InChI is InChI=1S/C12H19NS/c1-12(2,3)11(13)9-6-5-7-10(8-9)14-4/h5-8,11H,13H2,1-4H3/t11-/m0/s1. The van der Waals surface area contributed by atoms with Crippen molar-refractivity contribution in [1.82, 2.24) is 0 Å². The van der Waals surface area contributed by atoms with E-state index in [0.717, 1.165) is 0 Å². The Morgan fingerprint density at radius 3 is 2.43 bits per heavy atom. The number of benzene rings is 1. The van der Waals surface area contributed by atoms with Crippen LogP contribution in [0.4, 0.5) is 0 Å². The number of hydrogen-bond donors (Lipinski definition) is 1. The molecule has 1 nitrogen and oxygen atoms in total. The predicted molar refractivity (Wildman–Crippen MR) is 64.6 cm³/mol. The minimum Gasteiger partial charge on any atom is -0.324 e. The lowest BCUT2D eigenvalue weighted by Gasteiger charge is -2.27. The molecule has 1 atom stereocenters. The van der Waals surface area contributed by atoms with Crippen LogP contribution < -0.4 is 5.73 Å². The van der Waals surface area contributed by atoms with Crippen molar-refractivity contribution in [3.63, 3.8) is 0 Å². The van der Waals surface area contributed by atoms with E-state index in [2.05, 4.69) is 51.3 Å². The second-order valence-corrected chi connectivity index (χ2v) is 5.50. The molecule has 0 bridgehead atoms. The average molecular weight is 209 g/mol. The smallest absolute Gasteiger partial charge is 0.0344 e. The molecule has 1 aromatic carbocycles. The molecular formula is C12H19NS. The Kier molecular flexibility index (Phi) is 3.62. The Balaban J connectivity index is 2.95. The van der Waals surface area contributed by atoms with Crippen molar-refractivity contribution in [1.29, 1.82) is 0 Å². The van der Waals surface area contributed by atoms with Crippen LogP contribution in [0.25, 0.3) is 0 Å². The second kappa shape index (κ2) is 4.37. The summed E-state index contributed by atoms with van der Waals surface area (Å²) in [6, 6.07) is 8.58. The van der Waals surface area contributed by atoms with Crippen LogP contribution in [0.5, 0.6) is 0 Å². The van der Waals surface area contributed by atoms with E-state index in [9.17, 15) is 0 Å². The monoisotopic (exact) mass is 209 g/mol. The predicted octanol–water partition coefficient (Wildman–Crippen LogP) is 3.45. The molecule has 0 saturated heterocycles. The SMILES string of the molecule is CSc1cccc([C@H](N)C(C)(C)C)c1. The number of hydrogen-bond acceptors (Lipinski definition) is 2. The van der Waals surface area contributed by atoms with Crippen molar-refractivity contribution < 1.29 is 0 Å². The second-order valence-electron chi connectivity index (χ2n) is 4.62. The highest BCUT2D eigenvalue weighted by atomic mass is 32.2. The highest BCUT2D eigenvalue weighted by molar-refractivity contribution is 7.98. The van der Waals surface area contributed by atoms with E-state index in [1.165, 1.54) is 10.5 Å². The van der Waals surface area contributed by atoms with Crippen molar-refractivity contribution >= 4 is 11.8 Å². The summed E-state index contributed by atoms with van der Waals surface area (Å²) in [5.74, 6) is 0. The third-order valence-electron chi connectivity index (χ3n) is 2.39. The molecule has 0 unspecified atom stereocenters. The minimum absolute atomic E-state index is 0.106. The molecule has 0 aromatic heterocycles. The van der Waals surface area contributed by atoms with Gasteiger partial charge in [0, 0.05) is 10.9 Å². The fourth-order valence-corrected chi connectivity index (χ4v) is 1.80. The first-order valence-electron chi connectivity index (χ1n) is 4.84. The maximum Gasteiger partial charge on any atom is 0.0344 e. The van der Waals surface area contributed by atoms with Gasteiger partial charge in [0.25, 0.3) is 0 Å². The van der Waals surface area contributed by atoms with Gasteiger partial charge in [0.1, 0.15) is 0 Å². The summed E-state index contributed by atoms with van der Waals surface area (Å²) in [6.07, 6.45) is 2.09. The zero-order valence-electron chi connectivity index (χ0n) is 9.37. The third-order valence-corrected chi connectivity index (χ3v) is 3.11. The lowest BCUT2D eigenvalue weighted by molar-refractivity contribution is 0.326. The van der Waals surface area contributed by atoms with Crippen LogP contribution in [0.1, 0.15) is 32.4 Å². The molecular weight excluding hydrogens is 190 g/mol. The van der Waals surface area contributed by atoms with E-state index in [0.29, 0.717) is 0 Å². The quantitative estimate of drug-likeness (QED) is 0.755.